The molecule has 27 heavy (non-hydrogen) atoms. The van der Waals surface area contributed by atoms with Crippen molar-refractivity contribution in [3.63, 3.8) is 0 Å². The Morgan fingerprint density at radius 1 is 1.07 bits per heavy atom. The summed E-state index contributed by atoms with van der Waals surface area (Å²) in [6.45, 7) is 4.03. The molecule has 2 aromatic heterocycles. The predicted octanol–water partition coefficient (Wildman–Crippen LogP) is 5.15. The van der Waals surface area contributed by atoms with Crippen molar-refractivity contribution in [1.29, 1.82) is 0 Å². The molecule has 0 saturated heterocycles. The highest BCUT2D eigenvalue weighted by Gasteiger charge is 2.13. The highest BCUT2D eigenvalue weighted by molar-refractivity contribution is 7.71. The lowest BCUT2D eigenvalue weighted by molar-refractivity contribution is 0.242. The van der Waals surface area contributed by atoms with E-state index in [9.17, 15) is 0 Å². The number of hydrogen-bond donors (Lipinski definition) is 1. The first-order valence-corrected chi connectivity index (χ1v) is 9.22. The summed E-state index contributed by atoms with van der Waals surface area (Å²) in [4.78, 5) is 4.84. The minimum Gasteiger partial charge on any atom is -0.491 e. The van der Waals surface area contributed by atoms with Crippen molar-refractivity contribution in [3.05, 3.63) is 59.4 Å². The van der Waals surface area contributed by atoms with Gasteiger partial charge in [0.2, 0.25) is 0 Å². The maximum atomic E-state index is 5.74. The van der Waals surface area contributed by atoms with Crippen LogP contribution >= 0.6 is 12.2 Å². The Hall–Kier alpha value is -2.99. The van der Waals surface area contributed by atoms with E-state index in [0.717, 1.165) is 39.3 Å². The standard InChI is InChI=1S/C21H20N4OS/c1-13(2)26-15-10-8-14(9-11-15)19-12-17(20-23-24-21(27)25(20)3)16-6-4-5-7-18(16)22-19/h4-13H,1-3H3,(H,24,27). The summed E-state index contributed by atoms with van der Waals surface area (Å²) in [6.07, 6.45) is 0.147. The van der Waals surface area contributed by atoms with E-state index in [-0.39, 0.29) is 6.10 Å². The molecule has 0 bridgehead atoms. The molecule has 0 radical (unpaired) electrons. The van der Waals surface area contributed by atoms with E-state index in [2.05, 4.69) is 22.3 Å². The Bertz CT molecular complexity index is 1160. The van der Waals surface area contributed by atoms with E-state index in [1.54, 1.807) is 0 Å². The van der Waals surface area contributed by atoms with Crippen LogP contribution in [0.5, 0.6) is 5.75 Å². The number of rotatable bonds is 4. The van der Waals surface area contributed by atoms with Crippen molar-refractivity contribution >= 4 is 23.1 Å². The molecule has 2 heterocycles. The Balaban J connectivity index is 1.87. The van der Waals surface area contributed by atoms with Crippen molar-refractivity contribution in [2.45, 2.75) is 20.0 Å². The lowest BCUT2D eigenvalue weighted by Gasteiger charge is -2.12. The molecule has 0 unspecified atom stereocenters. The summed E-state index contributed by atoms with van der Waals surface area (Å²) in [5.41, 5.74) is 3.82. The van der Waals surface area contributed by atoms with Crippen molar-refractivity contribution in [2.24, 2.45) is 7.05 Å². The topological polar surface area (TPSA) is 55.7 Å². The summed E-state index contributed by atoms with van der Waals surface area (Å²) in [5, 5.41) is 8.32. The molecule has 6 heteroatoms. The van der Waals surface area contributed by atoms with Crippen LogP contribution in [0.1, 0.15) is 13.8 Å². The van der Waals surface area contributed by atoms with Gasteiger partial charge >= 0.3 is 0 Å². The molecule has 0 amide bonds. The van der Waals surface area contributed by atoms with E-state index < -0.39 is 0 Å². The normalized spacial score (nSPS) is 11.3. The Morgan fingerprint density at radius 3 is 2.48 bits per heavy atom. The molecule has 0 aliphatic carbocycles. The fraction of sp³-hybridized carbons (Fsp3) is 0.190. The van der Waals surface area contributed by atoms with Crippen LogP contribution in [0.2, 0.25) is 0 Å². The second-order valence-electron chi connectivity index (χ2n) is 6.67. The van der Waals surface area contributed by atoms with E-state index in [1.807, 2.05) is 67.9 Å². The van der Waals surface area contributed by atoms with Gasteiger partial charge in [-0.25, -0.2) is 4.98 Å². The number of nitrogens with zero attached hydrogens (tertiary/aromatic N) is 3. The van der Waals surface area contributed by atoms with Crippen molar-refractivity contribution in [1.82, 2.24) is 19.7 Å². The average molecular weight is 376 g/mol. The zero-order chi connectivity index (χ0) is 19.0. The maximum Gasteiger partial charge on any atom is 0.195 e. The third kappa shape index (κ3) is 3.36. The fourth-order valence-electron chi connectivity index (χ4n) is 3.07. The molecule has 4 rings (SSSR count). The van der Waals surface area contributed by atoms with E-state index in [1.165, 1.54) is 0 Å². The van der Waals surface area contributed by atoms with Gasteiger partial charge in [0.05, 0.1) is 17.3 Å². The number of H-pyrrole nitrogens is 1. The van der Waals surface area contributed by atoms with Crippen molar-refractivity contribution in [3.8, 4) is 28.4 Å². The van der Waals surface area contributed by atoms with Crippen LogP contribution in [0.4, 0.5) is 0 Å². The number of nitrogens with one attached hydrogen (secondary N) is 1. The number of pyridine rings is 1. The SMILES string of the molecule is CC(C)Oc1ccc(-c2cc(-c3n[nH]c(=S)n3C)c3ccccc3n2)cc1. The van der Waals surface area contributed by atoms with E-state index >= 15 is 0 Å². The zero-order valence-electron chi connectivity index (χ0n) is 15.4. The molecule has 0 saturated carbocycles. The van der Waals surface area contributed by atoms with Gasteiger partial charge in [0, 0.05) is 23.6 Å². The number of para-hydroxylation sites is 1. The zero-order valence-corrected chi connectivity index (χ0v) is 16.2. The van der Waals surface area contributed by atoms with Crippen molar-refractivity contribution < 1.29 is 4.74 Å². The van der Waals surface area contributed by atoms with Crippen LogP contribution in [0, 0.1) is 4.77 Å². The van der Waals surface area contributed by atoms with Crippen LogP contribution in [0.25, 0.3) is 33.5 Å². The first kappa shape index (κ1) is 17.4. The van der Waals surface area contributed by atoms with Crippen LogP contribution in [0.3, 0.4) is 0 Å². The fourth-order valence-corrected chi connectivity index (χ4v) is 3.20. The van der Waals surface area contributed by atoms with Crippen LogP contribution in [-0.2, 0) is 7.05 Å². The summed E-state index contributed by atoms with van der Waals surface area (Å²) in [7, 11) is 1.91. The Kier molecular flexibility index (Phi) is 4.49. The molecule has 0 aliphatic heterocycles. The third-order valence-electron chi connectivity index (χ3n) is 4.36. The summed E-state index contributed by atoms with van der Waals surface area (Å²) >= 11 is 5.29. The van der Waals surface area contributed by atoms with Gasteiger partial charge in [-0.15, -0.1) is 0 Å². The van der Waals surface area contributed by atoms with Gasteiger partial charge in [-0.1, -0.05) is 18.2 Å². The van der Waals surface area contributed by atoms with Gasteiger partial charge in [-0.2, -0.15) is 5.10 Å². The van der Waals surface area contributed by atoms with Gasteiger partial charge < -0.3 is 9.30 Å². The summed E-state index contributed by atoms with van der Waals surface area (Å²) < 4.78 is 8.20. The number of hydrogen-bond acceptors (Lipinski definition) is 4. The van der Waals surface area contributed by atoms with Crippen molar-refractivity contribution in [2.75, 3.05) is 0 Å². The summed E-state index contributed by atoms with van der Waals surface area (Å²) in [6, 6.07) is 18.1. The molecule has 0 fully saturated rings. The Morgan fingerprint density at radius 2 is 1.81 bits per heavy atom. The lowest BCUT2D eigenvalue weighted by Crippen LogP contribution is -2.05. The first-order chi connectivity index (χ1) is 13.0. The molecule has 5 nitrogen and oxygen atoms in total. The molecule has 0 spiro atoms. The van der Waals surface area contributed by atoms with Crippen LogP contribution < -0.4 is 4.74 Å². The van der Waals surface area contributed by atoms with E-state index in [0.29, 0.717) is 4.77 Å². The number of aromatic amines is 1. The van der Waals surface area contributed by atoms with E-state index in [4.69, 9.17) is 21.9 Å². The lowest BCUT2D eigenvalue weighted by atomic mass is 10.0. The molecule has 2 aromatic carbocycles. The predicted molar refractivity (Wildman–Crippen MR) is 110 cm³/mol. The number of ether oxygens (including phenoxy) is 1. The van der Waals surface area contributed by atoms with Crippen LogP contribution in [-0.4, -0.2) is 25.9 Å². The average Bonchev–Trinajstić information content (AvgIpc) is 3.00. The summed E-state index contributed by atoms with van der Waals surface area (Å²) in [5.74, 6) is 1.64. The number of fused-ring (bicyclic) bond motifs is 1. The number of aromatic nitrogens is 4. The molecular formula is C21H20N4OS. The second-order valence-corrected chi connectivity index (χ2v) is 7.06. The van der Waals surface area contributed by atoms with Crippen LogP contribution in [0.15, 0.2) is 54.6 Å². The maximum absolute atomic E-state index is 5.74. The quantitative estimate of drug-likeness (QED) is 0.501. The van der Waals surface area contributed by atoms with Gasteiger partial charge in [-0.3, -0.25) is 5.10 Å². The monoisotopic (exact) mass is 376 g/mol. The molecule has 4 aromatic rings. The molecule has 0 atom stereocenters. The smallest absolute Gasteiger partial charge is 0.195 e. The van der Waals surface area contributed by atoms with Gasteiger partial charge in [0.15, 0.2) is 10.6 Å². The third-order valence-corrected chi connectivity index (χ3v) is 4.72. The molecule has 136 valence electrons. The highest BCUT2D eigenvalue weighted by Crippen LogP contribution is 2.31. The second kappa shape index (κ2) is 6.96. The minimum absolute atomic E-state index is 0.147. The highest BCUT2D eigenvalue weighted by atomic mass is 32.1. The largest absolute Gasteiger partial charge is 0.491 e. The first-order valence-electron chi connectivity index (χ1n) is 8.81. The minimum atomic E-state index is 0.147. The van der Waals surface area contributed by atoms with Gasteiger partial charge in [-0.05, 0) is 62.5 Å². The molecule has 1 N–H and O–H groups in total. The van der Waals surface area contributed by atoms with Gasteiger partial charge in [0.1, 0.15) is 5.75 Å². The molecular weight excluding hydrogens is 356 g/mol. The number of benzene rings is 2. The Labute approximate surface area is 162 Å². The van der Waals surface area contributed by atoms with Gasteiger partial charge in [0.25, 0.3) is 0 Å². The molecule has 0 aliphatic rings.